The number of hydrogen-bond acceptors (Lipinski definition) is 2. The van der Waals surface area contributed by atoms with Gasteiger partial charge in [0, 0.05) is 19.6 Å². The Balaban J connectivity index is 2.07. The number of halogens is 1. The first-order valence-corrected chi connectivity index (χ1v) is 4.98. The fourth-order valence-electron chi connectivity index (χ4n) is 1.47. The number of ether oxygens (including phenoxy) is 1. The molecule has 0 aliphatic carbocycles. The Labute approximate surface area is 80.1 Å². The predicted octanol–water partition coefficient (Wildman–Crippen LogP) is 1.85. The first-order valence-electron chi connectivity index (χ1n) is 4.98. The molecule has 2 nitrogen and oxygen atoms in total. The van der Waals surface area contributed by atoms with Crippen molar-refractivity contribution in [3.8, 4) is 0 Å². The van der Waals surface area contributed by atoms with Gasteiger partial charge in [-0.3, -0.25) is 4.90 Å². The number of likely N-dealkylation sites (tertiary alicyclic amines) is 1. The molecule has 1 atom stereocenters. The smallest absolute Gasteiger partial charge is 0.114 e. The van der Waals surface area contributed by atoms with Crippen molar-refractivity contribution in [1.82, 2.24) is 4.90 Å². The molecule has 1 unspecified atom stereocenters. The van der Waals surface area contributed by atoms with Gasteiger partial charge in [0.25, 0.3) is 0 Å². The quantitative estimate of drug-likeness (QED) is 0.671. The Morgan fingerprint density at radius 1 is 1.46 bits per heavy atom. The summed E-state index contributed by atoms with van der Waals surface area (Å²) in [5, 5.41) is 0. The van der Waals surface area contributed by atoms with Gasteiger partial charge in [0.15, 0.2) is 0 Å². The number of nitrogens with zero attached hydrogens (tertiary/aromatic N) is 1. The van der Waals surface area contributed by atoms with Crippen LogP contribution in [0.25, 0.3) is 0 Å². The maximum atomic E-state index is 12.8. The molecular weight excluding hydrogens is 169 g/mol. The highest BCUT2D eigenvalue weighted by Crippen LogP contribution is 2.12. The lowest BCUT2D eigenvalue weighted by Gasteiger charge is -2.22. The van der Waals surface area contributed by atoms with E-state index >= 15 is 0 Å². The molecule has 0 N–H and O–H groups in total. The molecule has 1 aliphatic rings. The second-order valence-corrected chi connectivity index (χ2v) is 4.65. The third kappa shape index (κ3) is 4.58. The molecule has 13 heavy (non-hydrogen) atoms. The normalized spacial score (nSPS) is 25.4. The van der Waals surface area contributed by atoms with Crippen LogP contribution in [0.5, 0.6) is 0 Å². The van der Waals surface area contributed by atoms with Crippen molar-refractivity contribution in [3.63, 3.8) is 0 Å². The van der Waals surface area contributed by atoms with Crippen LogP contribution in [-0.4, -0.2) is 42.9 Å². The predicted molar refractivity (Wildman–Crippen MR) is 51.7 cm³/mol. The van der Waals surface area contributed by atoms with Crippen molar-refractivity contribution in [3.05, 3.63) is 0 Å². The van der Waals surface area contributed by atoms with E-state index in [0.717, 1.165) is 13.1 Å². The molecule has 1 fully saturated rings. The van der Waals surface area contributed by atoms with Crippen molar-refractivity contribution in [2.75, 3.05) is 26.2 Å². The highest BCUT2D eigenvalue weighted by Gasteiger charge is 2.21. The van der Waals surface area contributed by atoms with Crippen molar-refractivity contribution in [1.29, 1.82) is 0 Å². The molecule has 1 rings (SSSR count). The Morgan fingerprint density at radius 2 is 2.15 bits per heavy atom. The molecule has 0 aromatic rings. The average molecular weight is 189 g/mol. The van der Waals surface area contributed by atoms with E-state index in [2.05, 4.69) is 4.90 Å². The van der Waals surface area contributed by atoms with E-state index in [4.69, 9.17) is 4.74 Å². The zero-order valence-electron chi connectivity index (χ0n) is 8.85. The number of hydrogen-bond donors (Lipinski definition) is 0. The Hall–Kier alpha value is -0.150. The minimum atomic E-state index is -0.616. The molecule has 0 radical (unpaired) electrons. The van der Waals surface area contributed by atoms with Gasteiger partial charge in [0.1, 0.15) is 6.17 Å². The Bertz CT molecular complexity index is 155. The lowest BCUT2D eigenvalue weighted by molar-refractivity contribution is -0.0113. The minimum absolute atomic E-state index is 0.0746. The third-order valence-electron chi connectivity index (χ3n) is 2.16. The van der Waals surface area contributed by atoms with E-state index in [1.165, 1.54) is 0 Å². The zero-order valence-corrected chi connectivity index (χ0v) is 8.85. The summed E-state index contributed by atoms with van der Waals surface area (Å²) in [4.78, 5) is 2.12. The summed E-state index contributed by atoms with van der Waals surface area (Å²) >= 11 is 0. The maximum absolute atomic E-state index is 12.8. The van der Waals surface area contributed by atoms with Gasteiger partial charge >= 0.3 is 0 Å². The molecular formula is C10H20FNO. The number of rotatable bonds is 3. The average Bonchev–Trinajstić information content (AvgIpc) is 2.33. The van der Waals surface area contributed by atoms with E-state index in [0.29, 0.717) is 19.6 Å². The van der Waals surface area contributed by atoms with Gasteiger partial charge in [-0.1, -0.05) is 0 Å². The summed E-state index contributed by atoms with van der Waals surface area (Å²) < 4.78 is 18.3. The van der Waals surface area contributed by atoms with Gasteiger partial charge in [-0.05, 0) is 27.2 Å². The molecule has 0 spiro atoms. The minimum Gasteiger partial charge on any atom is -0.375 e. The fourth-order valence-corrected chi connectivity index (χ4v) is 1.47. The summed E-state index contributed by atoms with van der Waals surface area (Å²) in [7, 11) is 0. The van der Waals surface area contributed by atoms with Crippen LogP contribution in [0.4, 0.5) is 4.39 Å². The largest absolute Gasteiger partial charge is 0.375 e. The standard InChI is InChI=1S/C10H20FNO/c1-10(2,3)13-7-6-12-5-4-9(11)8-12/h9H,4-8H2,1-3H3. The van der Waals surface area contributed by atoms with Gasteiger partial charge in [-0.2, -0.15) is 0 Å². The molecule has 78 valence electrons. The first-order chi connectivity index (χ1) is 5.97. The fraction of sp³-hybridized carbons (Fsp3) is 1.00. The second kappa shape index (κ2) is 4.38. The highest BCUT2D eigenvalue weighted by atomic mass is 19.1. The van der Waals surface area contributed by atoms with Crippen LogP contribution in [0.1, 0.15) is 27.2 Å². The second-order valence-electron chi connectivity index (χ2n) is 4.65. The van der Waals surface area contributed by atoms with Crippen molar-refractivity contribution >= 4 is 0 Å². The molecule has 1 saturated heterocycles. The van der Waals surface area contributed by atoms with Gasteiger partial charge in [-0.25, -0.2) is 4.39 Å². The molecule has 0 bridgehead atoms. The van der Waals surface area contributed by atoms with Crippen LogP contribution in [0, 0.1) is 0 Å². The highest BCUT2D eigenvalue weighted by molar-refractivity contribution is 4.74. The summed E-state index contributed by atoms with van der Waals surface area (Å²) in [5.74, 6) is 0. The molecule has 1 aliphatic heterocycles. The lowest BCUT2D eigenvalue weighted by atomic mass is 10.2. The van der Waals surface area contributed by atoms with Gasteiger partial charge in [-0.15, -0.1) is 0 Å². The summed E-state index contributed by atoms with van der Waals surface area (Å²) in [6.45, 7) is 9.15. The molecule has 3 heteroatoms. The first kappa shape index (κ1) is 10.9. The molecule has 0 saturated carbocycles. The lowest BCUT2D eigenvalue weighted by Crippen LogP contribution is -2.29. The summed E-state index contributed by atoms with van der Waals surface area (Å²) in [5.41, 5.74) is -0.0746. The van der Waals surface area contributed by atoms with Crippen LogP contribution in [0.3, 0.4) is 0 Å². The monoisotopic (exact) mass is 189 g/mol. The summed E-state index contributed by atoms with van der Waals surface area (Å²) in [6, 6.07) is 0. The van der Waals surface area contributed by atoms with Crippen molar-refractivity contribution in [2.45, 2.75) is 39.0 Å². The van der Waals surface area contributed by atoms with E-state index in [1.54, 1.807) is 0 Å². The van der Waals surface area contributed by atoms with E-state index in [9.17, 15) is 4.39 Å². The summed E-state index contributed by atoms with van der Waals surface area (Å²) in [6.07, 6.45) is 0.0739. The van der Waals surface area contributed by atoms with Crippen LogP contribution in [-0.2, 0) is 4.74 Å². The number of alkyl halides is 1. The SMILES string of the molecule is CC(C)(C)OCCN1CCC(F)C1. The van der Waals surface area contributed by atoms with Crippen LogP contribution < -0.4 is 0 Å². The molecule has 1 heterocycles. The molecule has 0 aromatic heterocycles. The van der Waals surface area contributed by atoms with Gasteiger partial charge < -0.3 is 4.74 Å². The zero-order chi connectivity index (χ0) is 9.90. The Kier molecular flexibility index (Phi) is 3.68. The van der Waals surface area contributed by atoms with E-state index in [-0.39, 0.29) is 5.60 Å². The van der Waals surface area contributed by atoms with Crippen molar-refractivity contribution < 1.29 is 9.13 Å². The topological polar surface area (TPSA) is 12.5 Å². The molecule has 0 amide bonds. The van der Waals surface area contributed by atoms with Gasteiger partial charge in [0.2, 0.25) is 0 Å². The van der Waals surface area contributed by atoms with Crippen LogP contribution >= 0.6 is 0 Å². The van der Waals surface area contributed by atoms with E-state index in [1.807, 2.05) is 20.8 Å². The maximum Gasteiger partial charge on any atom is 0.114 e. The van der Waals surface area contributed by atoms with E-state index < -0.39 is 6.17 Å². The molecule has 0 aromatic carbocycles. The van der Waals surface area contributed by atoms with Crippen molar-refractivity contribution in [2.24, 2.45) is 0 Å². The van der Waals surface area contributed by atoms with Gasteiger partial charge in [0.05, 0.1) is 12.2 Å². The van der Waals surface area contributed by atoms with Crippen LogP contribution in [0.2, 0.25) is 0 Å². The third-order valence-corrected chi connectivity index (χ3v) is 2.16. The van der Waals surface area contributed by atoms with Crippen LogP contribution in [0.15, 0.2) is 0 Å². The Morgan fingerprint density at radius 3 is 2.62 bits per heavy atom.